The standard InChI is InChI=1S/C9H17NO/c1-3-8(10-2)9(11)6-7-4-5-7/h7-8,10H,3-6H2,1-2H3. The number of nitrogens with one attached hydrogen (secondary N) is 1. The molecule has 1 fully saturated rings. The molecular formula is C9H17NO. The predicted octanol–water partition coefficient (Wildman–Crippen LogP) is 1.35. The van der Waals surface area contributed by atoms with Crippen LogP contribution in [0.4, 0.5) is 0 Å². The van der Waals surface area contributed by atoms with Crippen molar-refractivity contribution < 1.29 is 4.79 Å². The molecule has 0 bridgehead atoms. The van der Waals surface area contributed by atoms with E-state index in [1.807, 2.05) is 14.0 Å². The summed E-state index contributed by atoms with van der Waals surface area (Å²) in [5.74, 6) is 1.13. The third-order valence-electron chi connectivity index (χ3n) is 2.33. The first-order valence-electron chi connectivity index (χ1n) is 4.48. The van der Waals surface area contributed by atoms with Crippen LogP contribution in [0.2, 0.25) is 0 Å². The molecule has 1 unspecified atom stereocenters. The van der Waals surface area contributed by atoms with Crippen LogP contribution in [-0.4, -0.2) is 18.9 Å². The van der Waals surface area contributed by atoms with Crippen LogP contribution in [-0.2, 0) is 4.79 Å². The van der Waals surface area contributed by atoms with E-state index >= 15 is 0 Å². The molecule has 11 heavy (non-hydrogen) atoms. The van der Waals surface area contributed by atoms with Crippen LogP contribution < -0.4 is 5.32 Å². The SMILES string of the molecule is CCC(NC)C(=O)CC1CC1. The summed E-state index contributed by atoms with van der Waals surface area (Å²) in [6, 6.07) is 0.107. The number of Topliss-reactive ketones (excluding diaryl/α,β-unsaturated/α-hetero) is 1. The largest absolute Gasteiger partial charge is 0.311 e. The van der Waals surface area contributed by atoms with E-state index in [0.29, 0.717) is 5.78 Å². The van der Waals surface area contributed by atoms with E-state index < -0.39 is 0 Å². The molecule has 0 heterocycles. The number of rotatable bonds is 5. The topological polar surface area (TPSA) is 29.1 Å². The average Bonchev–Trinajstić information content (AvgIpc) is 2.74. The Kier molecular flexibility index (Phi) is 3.06. The molecule has 1 saturated carbocycles. The highest BCUT2D eigenvalue weighted by Gasteiger charge is 2.26. The van der Waals surface area contributed by atoms with E-state index in [-0.39, 0.29) is 6.04 Å². The highest BCUT2D eigenvalue weighted by molar-refractivity contribution is 5.84. The summed E-state index contributed by atoms with van der Waals surface area (Å²) >= 11 is 0. The number of carbonyl (C=O) groups is 1. The lowest BCUT2D eigenvalue weighted by atomic mass is 10.1. The summed E-state index contributed by atoms with van der Waals surface area (Å²) in [6.45, 7) is 2.05. The fourth-order valence-corrected chi connectivity index (χ4v) is 1.34. The van der Waals surface area contributed by atoms with Gasteiger partial charge in [-0.3, -0.25) is 4.79 Å². The van der Waals surface area contributed by atoms with Crippen LogP contribution >= 0.6 is 0 Å². The summed E-state index contributed by atoms with van der Waals surface area (Å²) in [6.07, 6.45) is 4.26. The van der Waals surface area contributed by atoms with E-state index in [9.17, 15) is 4.79 Å². The van der Waals surface area contributed by atoms with Crippen molar-refractivity contribution in [3.63, 3.8) is 0 Å². The maximum absolute atomic E-state index is 11.4. The maximum Gasteiger partial charge on any atom is 0.149 e. The lowest BCUT2D eigenvalue weighted by Crippen LogP contribution is -2.33. The zero-order chi connectivity index (χ0) is 8.27. The summed E-state index contributed by atoms with van der Waals surface area (Å²) in [5, 5.41) is 3.04. The van der Waals surface area contributed by atoms with Crippen molar-refractivity contribution in [1.29, 1.82) is 0 Å². The molecule has 0 aromatic carbocycles. The van der Waals surface area contributed by atoms with Crippen LogP contribution in [0.1, 0.15) is 32.6 Å². The van der Waals surface area contributed by atoms with Crippen LogP contribution in [0.5, 0.6) is 0 Å². The second kappa shape index (κ2) is 3.86. The summed E-state index contributed by atoms with van der Waals surface area (Å²) in [4.78, 5) is 11.4. The first-order valence-corrected chi connectivity index (χ1v) is 4.48. The number of likely N-dealkylation sites (N-methyl/N-ethyl adjacent to an activating group) is 1. The van der Waals surface area contributed by atoms with Crippen LogP contribution in [0.25, 0.3) is 0 Å². The summed E-state index contributed by atoms with van der Waals surface area (Å²) < 4.78 is 0. The highest BCUT2D eigenvalue weighted by Crippen LogP contribution is 2.32. The van der Waals surface area contributed by atoms with Crippen molar-refractivity contribution in [3.05, 3.63) is 0 Å². The third-order valence-corrected chi connectivity index (χ3v) is 2.33. The Balaban J connectivity index is 2.24. The number of hydrogen-bond donors (Lipinski definition) is 1. The molecule has 1 aliphatic rings. The first-order chi connectivity index (χ1) is 5.27. The van der Waals surface area contributed by atoms with Crippen molar-refractivity contribution >= 4 is 5.78 Å². The zero-order valence-electron chi connectivity index (χ0n) is 7.39. The molecule has 0 radical (unpaired) electrons. The quantitative estimate of drug-likeness (QED) is 0.649. The molecule has 1 N–H and O–H groups in total. The van der Waals surface area contributed by atoms with Gasteiger partial charge in [0.1, 0.15) is 5.78 Å². The van der Waals surface area contributed by atoms with Gasteiger partial charge in [0.05, 0.1) is 6.04 Å². The molecular weight excluding hydrogens is 138 g/mol. The van der Waals surface area contributed by atoms with Crippen molar-refractivity contribution in [2.45, 2.75) is 38.6 Å². The minimum atomic E-state index is 0.107. The van der Waals surface area contributed by atoms with E-state index in [0.717, 1.165) is 18.8 Å². The zero-order valence-corrected chi connectivity index (χ0v) is 7.39. The minimum Gasteiger partial charge on any atom is -0.311 e. The smallest absolute Gasteiger partial charge is 0.149 e. The lowest BCUT2D eigenvalue weighted by Gasteiger charge is -2.11. The van der Waals surface area contributed by atoms with E-state index in [1.54, 1.807) is 0 Å². The van der Waals surface area contributed by atoms with Gasteiger partial charge in [-0.25, -0.2) is 0 Å². The molecule has 2 heteroatoms. The highest BCUT2D eigenvalue weighted by atomic mass is 16.1. The van der Waals surface area contributed by atoms with Gasteiger partial charge >= 0.3 is 0 Å². The molecule has 0 amide bonds. The Bertz CT molecular complexity index is 136. The molecule has 1 rings (SSSR count). The summed E-state index contributed by atoms with van der Waals surface area (Å²) in [7, 11) is 1.86. The van der Waals surface area contributed by atoms with E-state index in [2.05, 4.69) is 5.32 Å². The van der Waals surface area contributed by atoms with E-state index in [1.165, 1.54) is 12.8 Å². The lowest BCUT2D eigenvalue weighted by molar-refractivity contribution is -0.121. The number of ketones is 1. The molecule has 2 nitrogen and oxygen atoms in total. The van der Waals surface area contributed by atoms with Crippen molar-refractivity contribution in [2.24, 2.45) is 5.92 Å². The van der Waals surface area contributed by atoms with Gasteiger partial charge in [0.15, 0.2) is 0 Å². The molecule has 64 valence electrons. The van der Waals surface area contributed by atoms with Gasteiger partial charge in [0, 0.05) is 6.42 Å². The fourth-order valence-electron chi connectivity index (χ4n) is 1.34. The molecule has 0 aliphatic heterocycles. The Morgan fingerprint density at radius 2 is 2.27 bits per heavy atom. The molecule has 1 aliphatic carbocycles. The Morgan fingerprint density at radius 1 is 1.64 bits per heavy atom. The van der Waals surface area contributed by atoms with Gasteiger partial charge in [-0.05, 0) is 32.2 Å². The summed E-state index contributed by atoms with van der Waals surface area (Å²) in [5.41, 5.74) is 0. The van der Waals surface area contributed by atoms with Gasteiger partial charge in [-0.15, -0.1) is 0 Å². The predicted molar refractivity (Wildman–Crippen MR) is 45.5 cm³/mol. The number of carbonyl (C=O) groups excluding carboxylic acids is 1. The molecule has 1 atom stereocenters. The Labute approximate surface area is 68.4 Å². The van der Waals surface area contributed by atoms with Gasteiger partial charge in [0.25, 0.3) is 0 Å². The third kappa shape index (κ3) is 2.62. The fraction of sp³-hybridized carbons (Fsp3) is 0.889. The van der Waals surface area contributed by atoms with Crippen LogP contribution in [0.15, 0.2) is 0 Å². The van der Waals surface area contributed by atoms with Crippen molar-refractivity contribution in [1.82, 2.24) is 5.32 Å². The van der Waals surface area contributed by atoms with Gasteiger partial charge in [-0.2, -0.15) is 0 Å². The first kappa shape index (κ1) is 8.72. The van der Waals surface area contributed by atoms with Crippen molar-refractivity contribution in [3.8, 4) is 0 Å². The number of hydrogen-bond acceptors (Lipinski definition) is 2. The monoisotopic (exact) mass is 155 g/mol. The van der Waals surface area contributed by atoms with Crippen LogP contribution in [0.3, 0.4) is 0 Å². The molecule has 0 aromatic rings. The van der Waals surface area contributed by atoms with Gasteiger partial charge in [-0.1, -0.05) is 6.92 Å². The molecule has 0 aromatic heterocycles. The second-order valence-corrected chi connectivity index (χ2v) is 3.36. The Hall–Kier alpha value is -0.370. The minimum absolute atomic E-state index is 0.107. The molecule has 0 saturated heterocycles. The van der Waals surface area contributed by atoms with Gasteiger partial charge < -0.3 is 5.32 Å². The Morgan fingerprint density at radius 3 is 2.64 bits per heavy atom. The maximum atomic E-state index is 11.4. The van der Waals surface area contributed by atoms with E-state index in [4.69, 9.17) is 0 Å². The van der Waals surface area contributed by atoms with Crippen molar-refractivity contribution in [2.75, 3.05) is 7.05 Å². The average molecular weight is 155 g/mol. The van der Waals surface area contributed by atoms with Crippen LogP contribution in [0, 0.1) is 5.92 Å². The molecule has 0 spiro atoms. The van der Waals surface area contributed by atoms with Gasteiger partial charge in [0.2, 0.25) is 0 Å². The second-order valence-electron chi connectivity index (χ2n) is 3.36. The normalized spacial score (nSPS) is 19.8.